The average molecular weight is 498 g/mol. The summed E-state index contributed by atoms with van der Waals surface area (Å²) in [5, 5.41) is 14.2. The topological polar surface area (TPSA) is 88.0 Å². The molecule has 0 aliphatic carbocycles. The number of nitrogens with zero attached hydrogens (tertiary/aromatic N) is 2. The van der Waals surface area contributed by atoms with E-state index in [1.807, 2.05) is 86.6 Å². The van der Waals surface area contributed by atoms with E-state index in [1.165, 1.54) is 6.20 Å². The van der Waals surface area contributed by atoms with Gasteiger partial charge in [-0.05, 0) is 49.7 Å². The SMILES string of the molecule is CC1=C(C(=O)Nc2ccccc2)C(c2ccccc2Cl)n2ncc(C(=O)Nc3cccc(C)c3)c2N1. The molecular formula is C28H24ClN5O2. The van der Waals surface area contributed by atoms with Gasteiger partial charge in [-0.2, -0.15) is 5.10 Å². The molecule has 0 saturated heterocycles. The number of allylic oxidation sites excluding steroid dienone is 1. The zero-order valence-corrected chi connectivity index (χ0v) is 20.5. The van der Waals surface area contributed by atoms with Gasteiger partial charge < -0.3 is 16.0 Å². The van der Waals surface area contributed by atoms with Crippen molar-refractivity contribution < 1.29 is 9.59 Å². The van der Waals surface area contributed by atoms with Crippen molar-refractivity contribution >= 4 is 40.6 Å². The number of hydrogen-bond acceptors (Lipinski definition) is 4. The Morgan fingerprint density at radius 3 is 2.33 bits per heavy atom. The van der Waals surface area contributed by atoms with Crippen molar-refractivity contribution in [1.29, 1.82) is 0 Å². The van der Waals surface area contributed by atoms with Crippen LogP contribution in [0.4, 0.5) is 17.2 Å². The maximum atomic E-state index is 13.5. The molecule has 1 aliphatic rings. The summed E-state index contributed by atoms with van der Waals surface area (Å²) in [7, 11) is 0. The lowest BCUT2D eigenvalue weighted by Gasteiger charge is -2.30. The van der Waals surface area contributed by atoms with E-state index in [4.69, 9.17) is 11.6 Å². The molecule has 1 atom stereocenters. The van der Waals surface area contributed by atoms with Crippen LogP contribution >= 0.6 is 11.6 Å². The van der Waals surface area contributed by atoms with E-state index < -0.39 is 6.04 Å². The van der Waals surface area contributed by atoms with E-state index in [0.29, 0.717) is 44.6 Å². The molecule has 1 aromatic heterocycles. The highest BCUT2D eigenvalue weighted by atomic mass is 35.5. The van der Waals surface area contributed by atoms with Crippen LogP contribution in [-0.2, 0) is 4.79 Å². The molecule has 180 valence electrons. The monoisotopic (exact) mass is 497 g/mol. The molecule has 3 N–H and O–H groups in total. The number of halogens is 1. The first kappa shape index (κ1) is 23.4. The van der Waals surface area contributed by atoms with Crippen LogP contribution in [0, 0.1) is 6.92 Å². The lowest BCUT2D eigenvalue weighted by atomic mass is 9.94. The number of rotatable bonds is 5. The lowest BCUT2D eigenvalue weighted by molar-refractivity contribution is -0.113. The number of amides is 2. The number of nitrogens with one attached hydrogen (secondary N) is 3. The summed E-state index contributed by atoms with van der Waals surface area (Å²) in [5.41, 5.74) is 4.51. The summed E-state index contributed by atoms with van der Waals surface area (Å²) in [6, 6.07) is 23.5. The maximum absolute atomic E-state index is 13.5. The second-order valence-corrected chi connectivity index (χ2v) is 8.99. The Bertz CT molecular complexity index is 1490. The summed E-state index contributed by atoms with van der Waals surface area (Å²) in [6.45, 7) is 3.77. The molecule has 0 radical (unpaired) electrons. The number of para-hydroxylation sites is 1. The maximum Gasteiger partial charge on any atom is 0.261 e. The Labute approximate surface area is 213 Å². The lowest BCUT2D eigenvalue weighted by Crippen LogP contribution is -2.32. The van der Waals surface area contributed by atoms with Crippen molar-refractivity contribution in [2.75, 3.05) is 16.0 Å². The predicted molar refractivity (Wildman–Crippen MR) is 142 cm³/mol. The summed E-state index contributed by atoms with van der Waals surface area (Å²) in [5.74, 6) is -0.112. The number of carbonyl (C=O) groups is 2. The van der Waals surface area contributed by atoms with E-state index in [9.17, 15) is 9.59 Å². The molecule has 1 unspecified atom stereocenters. The largest absolute Gasteiger partial charge is 0.343 e. The predicted octanol–water partition coefficient (Wildman–Crippen LogP) is 6.02. The van der Waals surface area contributed by atoms with Crippen molar-refractivity contribution in [3.63, 3.8) is 0 Å². The fourth-order valence-electron chi connectivity index (χ4n) is 4.34. The van der Waals surface area contributed by atoms with E-state index >= 15 is 0 Å². The van der Waals surface area contributed by atoms with Crippen LogP contribution < -0.4 is 16.0 Å². The highest BCUT2D eigenvalue weighted by Crippen LogP contribution is 2.40. The molecule has 2 heterocycles. The van der Waals surface area contributed by atoms with Crippen molar-refractivity contribution in [3.8, 4) is 0 Å². The van der Waals surface area contributed by atoms with E-state index in [2.05, 4.69) is 21.0 Å². The molecule has 36 heavy (non-hydrogen) atoms. The van der Waals surface area contributed by atoms with Crippen molar-refractivity contribution in [2.45, 2.75) is 19.9 Å². The Morgan fingerprint density at radius 2 is 1.58 bits per heavy atom. The van der Waals surface area contributed by atoms with E-state index in [1.54, 1.807) is 10.7 Å². The second-order valence-electron chi connectivity index (χ2n) is 8.58. The summed E-state index contributed by atoms with van der Waals surface area (Å²) >= 11 is 6.60. The van der Waals surface area contributed by atoms with Gasteiger partial charge in [-0.15, -0.1) is 0 Å². The number of hydrogen-bond donors (Lipinski definition) is 3. The fraction of sp³-hybridized carbons (Fsp3) is 0.107. The van der Waals surface area contributed by atoms with Crippen molar-refractivity contribution in [3.05, 3.63) is 118 Å². The Balaban J connectivity index is 1.56. The average Bonchev–Trinajstić information content (AvgIpc) is 3.28. The third-order valence-electron chi connectivity index (χ3n) is 6.02. The molecule has 0 fully saturated rings. The zero-order valence-electron chi connectivity index (χ0n) is 19.7. The van der Waals surface area contributed by atoms with Crippen LogP contribution in [0.5, 0.6) is 0 Å². The van der Waals surface area contributed by atoms with Gasteiger partial charge in [0.1, 0.15) is 17.4 Å². The molecule has 0 spiro atoms. The Morgan fingerprint density at radius 1 is 0.889 bits per heavy atom. The first-order valence-electron chi connectivity index (χ1n) is 11.5. The first-order valence-corrected chi connectivity index (χ1v) is 11.8. The molecule has 0 bridgehead atoms. The van der Waals surface area contributed by atoms with Gasteiger partial charge in [0, 0.05) is 27.7 Å². The minimum absolute atomic E-state index is 0.289. The van der Waals surface area contributed by atoms with Crippen LogP contribution in [0.1, 0.15) is 34.5 Å². The van der Waals surface area contributed by atoms with Crippen molar-refractivity contribution in [2.24, 2.45) is 0 Å². The third-order valence-corrected chi connectivity index (χ3v) is 6.36. The minimum atomic E-state index is -0.640. The van der Waals surface area contributed by atoms with Gasteiger partial charge >= 0.3 is 0 Å². The molecule has 5 rings (SSSR count). The molecule has 8 heteroatoms. The smallest absolute Gasteiger partial charge is 0.261 e. The van der Waals surface area contributed by atoms with E-state index in [-0.39, 0.29) is 11.8 Å². The number of benzene rings is 3. The number of carbonyl (C=O) groups excluding carboxylic acids is 2. The summed E-state index contributed by atoms with van der Waals surface area (Å²) in [4.78, 5) is 26.7. The molecular weight excluding hydrogens is 474 g/mol. The normalized spacial score (nSPS) is 14.6. The molecule has 0 saturated carbocycles. The number of aromatic nitrogens is 2. The minimum Gasteiger partial charge on any atom is -0.343 e. The molecule has 2 amide bonds. The van der Waals surface area contributed by atoms with Crippen LogP contribution in [-0.4, -0.2) is 21.6 Å². The number of aryl methyl sites for hydroxylation is 1. The van der Waals surface area contributed by atoms with Gasteiger partial charge in [0.15, 0.2) is 0 Å². The standard InChI is InChI=1S/C28H24ClN5O2/c1-17-9-8-12-20(15-17)33-27(35)22-16-30-34-25(21-13-6-7-14-23(21)29)24(18(2)31-26(22)34)28(36)32-19-10-4-3-5-11-19/h3-16,25,31H,1-2H3,(H,32,36)(H,33,35). The third kappa shape index (κ3) is 4.48. The van der Waals surface area contributed by atoms with Gasteiger partial charge in [0.25, 0.3) is 11.8 Å². The summed E-state index contributed by atoms with van der Waals surface area (Å²) < 4.78 is 1.64. The van der Waals surface area contributed by atoms with Crippen LogP contribution in [0.15, 0.2) is 96.3 Å². The summed E-state index contributed by atoms with van der Waals surface area (Å²) in [6.07, 6.45) is 1.50. The Hall–Kier alpha value is -4.36. The van der Waals surface area contributed by atoms with Crippen LogP contribution in [0.3, 0.4) is 0 Å². The molecule has 4 aromatic rings. The van der Waals surface area contributed by atoms with Gasteiger partial charge in [-0.3, -0.25) is 9.59 Å². The quantitative estimate of drug-likeness (QED) is 0.314. The van der Waals surface area contributed by atoms with Gasteiger partial charge in [-0.1, -0.05) is 60.1 Å². The van der Waals surface area contributed by atoms with Gasteiger partial charge in [-0.25, -0.2) is 4.68 Å². The molecule has 7 nitrogen and oxygen atoms in total. The fourth-order valence-corrected chi connectivity index (χ4v) is 4.58. The zero-order chi connectivity index (χ0) is 25.2. The Kier molecular flexibility index (Phi) is 6.31. The number of anilines is 3. The van der Waals surface area contributed by atoms with Crippen molar-refractivity contribution in [1.82, 2.24) is 9.78 Å². The molecule has 1 aliphatic heterocycles. The van der Waals surface area contributed by atoms with Gasteiger partial charge in [0.05, 0.1) is 11.8 Å². The van der Waals surface area contributed by atoms with Crippen LogP contribution in [0.2, 0.25) is 5.02 Å². The second kappa shape index (κ2) is 9.71. The first-order chi connectivity index (χ1) is 17.4. The molecule has 3 aromatic carbocycles. The highest BCUT2D eigenvalue weighted by Gasteiger charge is 2.36. The van der Waals surface area contributed by atoms with E-state index in [0.717, 1.165) is 5.56 Å². The highest BCUT2D eigenvalue weighted by molar-refractivity contribution is 6.31. The number of fused-ring (bicyclic) bond motifs is 1. The van der Waals surface area contributed by atoms with Gasteiger partial charge in [0.2, 0.25) is 0 Å². The van der Waals surface area contributed by atoms with Crippen LogP contribution in [0.25, 0.3) is 0 Å².